The average Bonchev–Trinajstić information content (AvgIpc) is 3.08. The van der Waals surface area contributed by atoms with E-state index < -0.39 is 0 Å². The summed E-state index contributed by atoms with van der Waals surface area (Å²) >= 11 is 0. The molecule has 1 aliphatic heterocycles. The quantitative estimate of drug-likeness (QED) is 0.599. The van der Waals surface area contributed by atoms with Crippen LogP contribution in [0.25, 0.3) is 10.9 Å². The summed E-state index contributed by atoms with van der Waals surface area (Å²) in [5, 5.41) is 10.4. The van der Waals surface area contributed by atoms with E-state index in [1.807, 2.05) is 36.5 Å². The van der Waals surface area contributed by atoms with Crippen LogP contribution in [0.15, 0.2) is 54.7 Å². The van der Waals surface area contributed by atoms with Crippen molar-refractivity contribution in [1.82, 2.24) is 9.47 Å². The lowest BCUT2D eigenvalue weighted by atomic mass is 10.1. The van der Waals surface area contributed by atoms with Crippen LogP contribution in [-0.2, 0) is 6.54 Å². The van der Waals surface area contributed by atoms with Crippen LogP contribution in [0.5, 0.6) is 5.75 Å². The number of fused-ring (bicyclic) bond motifs is 1. The summed E-state index contributed by atoms with van der Waals surface area (Å²) in [5.74, 6) is 0.922. The van der Waals surface area contributed by atoms with Crippen LogP contribution in [0.2, 0.25) is 0 Å². The third-order valence-corrected chi connectivity index (χ3v) is 5.31. The number of halogens is 1. The molecule has 0 bridgehead atoms. The molecule has 1 saturated heterocycles. The zero-order valence-corrected chi connectivity index (χ0v) is 16.8. The van der Waals surface area contributed by atoms with E-state index in [9.17, 15) is 5.26 Å². The minimum absolute atomic E-state index is 0. The Kier molecular flexibility index (Phi) is 6.97. The predicted octanol–water partition coefficient (Wildman–Crippen LogP) is 4.85. The van der Waals surface area contributed by atoms with Crippen molar-refractivity contribution in [3.8, 4) is 11.8 Å². The second kappa shape index (κ2) is 9.64. The van der Waals surface area contributed by atoms with Crippen LogP contribution < -0.4 is 4.74 Å². The van der Waals surface area contributed by atoms with Gasteiger partial charge in [-0.2, -0.15) is 5.26 Å². The van der Waals surface area contributed by atoms with E-state index in [-0.39, 0.29) is 12.4 Å². The summed E-state index contributed by atoms with van der Waals surface area (Å²) in [6, 6.07) is 18.7. The van der Waals surface area contributed by atoms with E-state index >= 15 is 0 Å². The van der Waals surface area contributed by atoms with Gasteiger partial charge in [-0.1, -0.05) is 36.8 Å². The Balaban J connectivity index is 0.00000225. The van der Waals surface area contributed by atoms with E-state index in [0.717, 1.165) is 41.9 Å². The predicted molar refractivity (Wildman–Crippen MR) is 115 cm³/mol. The smallest absolute Gasteiger partial charge is 0.119 e. The fourth-order valence-corrected chi connectivity index (χ4v) is 3.83. The topological polar surface area (TPSA) is 41.2 Å². The third kappa shape index (κ3) is 4.67. The highest BCUT2D eigenvalue weighted by Gasteiger charge is 2.10. The number of likely N-dealkylation sites (tertiary alicyclic amines) is 1. The molecular formula is C23H26ClN3O. The minimum atomic E-state index is 0. The Bertz CT molecular complexity index is 937. The van der Waals surface area contributed by atoms with Gasteiger partial charge in [-0.05, 0) is 49.7 Å². The number of benzene rings is 2. The van der Waals surface area contributed by atoms with Gasteiger partial charge in [-0.25, -0.2) is 0 Å². The average molecular weight is 396 g/mol. The van der Waals surface area contributed by atoms with E-state index in [2.05, 4.69) is 33.7 Å². The molecule has 5 heteroatoms. The molecule has 4 nitrogen and oxygen atoms in total. The van der Waals surface area contributed by atoms with Crippen molar-refractivity contribution in [3.63, 3.8) is 0 Å². The summed E-state index contributed by atoms with van der Waals surface area (Å²) in [4.78, 5) is 2.49. The van der Waals surface area contributed by atoms with E-state index in [1.54, 1.807) is 0 Å². The van der Waals surface area contributed by atoms with Crippen LogP contribution in [0.1, 0.15) is 30.4 Å². The summed E-state index contributed by atoms with van der Waals surface area (Å²) < 4.78 is 8.05. The monoisotopic (exact) mass is 395 g/mol. The molecule has 4 rings (SSSR count). The van der Waals surface area contributed by atoms with Crippen LogP contribution in [0.4, 0.5) is 0 Å². The van der Waals surface area contributed by atoms with Gasteiger partial charge in [0.25, 0.3) is 0 Å². The van der Waals surface area contributed by atoms with E-state index in [1.165, 1.54) is 37.9 Å². The van der Waals surface area contributed by atoms with Gasteiger partial charge in [0.2, 0.25) is 0 Å². The number of nitriles is 1. The number of hydrogen-bond donors (Lipinski definition) is 0. The highest BCUT2D eigenvalue weighted by Crippen LogP contribution is 2.22. The van der Waals surface area contributed by atoms with Gasteiger partial charge in [-0.15, -0.1) is 12.4 Å². The van der Waals surface area contributed by atoms with Gasteiger partial charge < -0.3 is 9.30 Å². The van der Waals surface area contributed by atoms with Gasteiger partial charge in [-0.3, -0.25) is 4.90 Å². The van der Waals surface area contributed by atoms with Crippen molar-refractivity contribution < 1.29 is 4.74 Å². The third-order valence-electron chi connectivity index (χ3n) is 5.31. The first-order valence-electron chi connectivity index (χ1n) is 9.75. The maximum absolute atomic E-state index is 9.34. The molecule has 0 spiro atoms. The van der Waals surface area contributed by atoms with Gasteiger partial charge >= 0.3 is 0 Å². The van der Waals surface area contributed by atoms with Crippen molar-refractivity contribution in [2.75, 3.05) is 26.2 Å². The summed E-state index contributed by atoms with van der Waals surface area (Å²) in [6.07, 6.45) is 5.94. The second-order valence-corrected chi connectivity index (χ2v) is 7.19. The molecule has 1 aliphatic rings. The molecule has 3 aromatic rings. The maximum atomic E-state index is 9.34. The van der Waals surface area contributed by atoms with Crippen molar-refractivity contribution >= 4 is 23.3 Å². The zero-order valence-electron chi connectivity index (χ0n) is 16.0. The maximum Gasteiger partial charge on any atom is 0.119 e. The molecule has 1 fully saturated rings. The Morgan fingerprint density at radius 2 is 1.71 bits per heavy atom. The highest BCUT2D eigenvalue weighted by atomic mass is 35.5. The first kappa shape index (κ1) is 20.3. The fourth-order valence-electron chi connectivity index (χ4n) is 3.83. The number of hydrogen-bond acceptors (Lipinski definition) is 3. The van der Waals surface area contributed by atoms with Crippen molar-refractivity contribution in [1.29, 1.82) is 5.26 Å². The number of ether oxygens (including phenoxy) is 1. The molecular weight excluding hydrogens is 370 g/mol. The van der Waals surface area contributed by atoms with Gasteiger partial charge in [0.15, 0.2) is 0 Å². The van der Waals surface area contributed by atoms with E-state index in [0.29, 0.717) is 0 Å². The Labute approximate surface area is 172 Å². The van der Waals surface area contributed by atoms with Crippen molar-refractivity contribution in [2.24, 2.45) is 0 Å². The van der Waals surface area contributed by atoms with Crippen LogP contribution in [0.3, 0.4) is 0 Å². The molecule has 28 heavy (non-hydrogen) atoms. The van der Waals surface area contributed by atoms with Gasteiger partial charge in [0, 0.05) is 30.2 Å². The molecule has 1 aromatic heterocycles. The molecule has 0 radical (unpaired) electrons. The van der Waals surface area contributed by atoms with Crippen LogP contribution in [0, 0.1) is 11.3 Å². The van der Waals surface area contributed by atoms with Crippen LogP contribution in [-0.4, -0.2) is 35.7 Å². The number of rotatable bonds is 6. The molecule has 0 unspecified atom stereocenters. The second-order valence-electron chi connectivity index (χ2n) is 7.19. The number of nitrogens with zero attached hydrogens (tertiary/aromatic N) is 3. The molecule has 0 aliphatic carbocycles. The van der Waals surface area contributed by atoms with E-state index in [4.69, 9.17) is 4.74 Å². The molecule has 2 aromatic carbocycles. The summed E-state index contributed by atoms with van der Waals surface area (Å²) in [6.45, 7) is 4.91. The molecule has 0 saturated carbocycles. The lowest BCUT2D eigenvalue weighted by molar-refractivity contribution is 0.183. The lowest BCUT2D eigenvalue weighted by Crippen LogP contribution is -2.33. The fraction of sp³-hybridized carbons (Fsp3) is 0.348. The van der Waals surface area contributed by atoms with Gasteiger partial charge in [0.1, 0.15) is 18.4 Å². The normalized spacial score (nSPS) is 14.4. The lowest BCUT2D eigenvalue weighted by Gasteiger charge is -2.26. The van der Waals surface area contributed by atoms with Gasteiger partial charge in [0.05, 0.1) is 5.56 Å². The first-order chi connectivity index (χ1) is 13.3. The van der Waals surface area contributed by atoms with Crippen molar-refractivity contribution in [2.45, 2.75) is 25.8 Å². The van der Waals surface area contributed by atoms with Crippen LogP contribution >= 0.6 is 12.4 Å². The first-order valence-corrected chi connectivity index (χ1v) is 9.75. The number of piperidine rings is 1. The standard InChI is InChI=1S/C23H25N3O.ClH/c24-16-20-18-26(23-7-3-2-6-22(20)23)17-19-8-10-21(11-9-19)27-15-14-25-12-4-1-5-13-25;/h2-3,6-11,18H,1,4-5,12-15,17H2;1H. The number of para-hydroxylation sites is 1. The molecule has 0 amide bonds. The summed E-state index contributed by atoms with van der Waals surface area (Å²) in [5.41, 5.74) is 3.02. The Morgan fingerprint density at radius 1 is 0.964 bits per heavy atom. The zero-order chi connectivity index (χ0) is 18.5. The molecule has 0 atom stereocenters. The highest BCUT2D eigenvalue weighted by molar-refractivity contribution is 5.86. The van der Waals surface area contributed by atoms with Crippen molar-refractivity contribution in [3.05, 3.63) is 65.9 Å². The molecule has 146 valence electrons. The number of aromatic nitrogens is 1. The molecule has 2 heterocycles. The Hall–Kier alpha value is -2.48. The SMILES string of the molecule is Cl.N#Cc1cn(Cc2ccc(OCCN3CCCCC3)cc2)c2ccccc12. The Morgan fingerprint density at radius 3 is 2.46 bits per heavy atom. The summed E-state index contributed by atoms with van der Waals surface area (Å²) in [7, 11) is 0. The largest absolute Gasteiger partial charge is 0.492 e. The minimum Gasteiger partial charge on any atom is -0.492 e. The molecule has 0 N–H and O–H groups in total.